The van der Waals surface area contributed by atoms with Gasteiger partial charge in [-0.05, 0) is 49.4 Å². The van der Waals surface area contributed by atoms with Gasteiger partial charge in [0.25, 0.3) is 0 Å². The van der Waals surface area contributed by atoms with E-state index in [1.807, 2.05) is 0 Å². The van der Waals surface area contributed by atoms with Crippen molar-refractivity contribution in [2.45, 2.75) is 388 Å². The summed E-state index contributed by atoms with van der Waals surface area (Å²) in [7, 11) is -9.91. The summed E-state index contributed by atoms with van der Waals surface area (Å²) in [5, 5.41) is 10.6. The summed E-state index contributed by atoms with van der Waals surface area (Å²) >= 11 is 0. The van der Waals surface area contributed by atoms with Crippen molar-refractivity contribution in [3.05, 3.63) is 0 Å². The van der Waals surface area contributed by atoms with E-state index < -0.39 is 97.5 Å². The lowest BCUT2D eigenvalue weighted by molar-refractivity contribution is -0.161. The number of esters is 4. The predicted octanol–water partition coefficient (Wildman–Crippen LogP) is 21.3. The van der Waals surface area contributed by atoms with Crippen molar-refractivity contribution >= 4 is 39.5 Å². The van der Waals surface area contributed by atoms with Crippen LogP contribution in [0, 0.1) is 23.7 Å². The molecule has 93 heavy (non-hydrogen) atoms. The Morgan fingerprint density at radius 1 is 0.301 bits per heavy atom. The second-order valence-corrected chi connectivity index (χ2v) is 31.3. The van der Waals surface area contributed by atoms with Crippen LogP contribution in [-0.4, -0.2) is 96.7 Å². The molecular weight excluding hydrogens is 1220 g/mol. The van der Waals surface area contributed by atoms with Gasteiger partial charge in [-0.1, -0.05) is 319 Å². The van der Waals surface area contributed by atoms with Crippen molar-refractivity contribution in [3.8, 4) is 0 Å². The molecule has 0 fully saturated rings. The van der Waals surface area contributed by atoms with Crippen LogP contribution in [0.2, 0.25) is 0 Å². The van der Waals surface area contributed by atoms with Crippen LogP contribution in [0.4, 0.5) is 0 Å². The monoisotopic (exact) mass is 1370 g/mol. The Morgan fingerprint density at radius 3 is 0.763 bits per heavy atom. The standard InChI is InChI=1S/C74H144O17P2/c1-9-67(8)53-45-37-32-33-39-47-55-72(77)85-61-70(91-74(79)57-49-41-30-24-20-22-27-35-43-51-65(4)5)63-89-93(82,83)87-59-68(75)58-86-92(80,81)88-62-69(60-84-71(76)54-46-38-31-25-28-36-44-52-66(6)7)90-73(78)56-48-40-29-23-19-17-15-13-11-10-12-14-16-18-21-26-34-42-50-64(2)3/h64-70,75H,9-63H2,1-8H3,(H,80,81)(H,82,83)/t67?,68?,69-,70-/m1/s1. The fourth-order valence-corrected chi connectivity index (χ4v) is 12.7. The second-order valence-electron chi connectivity index (χ2n) is 28.4. The normalized spacial score (nSPS) is 14.5. The fraction of sp³-hybridized carbons (Fsp3) is 0.946. The van der Waals surface area contributed by atoms with Crippen molar-refractivity contribution in [3.63, 3.8) is 0 Å². The molecule has 0 aromatic carbocycles. The number of phosphoric acid groups is 2. The number of hydrogen-bond donors (Lipinski definition) is 3. The summed E-state index contributed by atoms with van der Waals surface area (Å²) in [4.78, 5) is 72.6. The third kappa shape index (κ3) is 67.0. The van der Waals surface area contributed by atoms with Gasteiger partial charge in [0, 0.05) is 25.7 Å². The lowest BCUT2D eigenvalue weighted by Gasteiger charge is -2.21. The molecule has 0 bridgehead atoms. The summed E-state index contributed by atoms with van der Waals surface area (Å²) in [6.45, 7) is 14.1. The number of carbonyl (C=O) groups excluding carboxylic acids is 4. The van der Waals surface area contributed by atoms with Crippen molar-refractivity contribution in [1.82, 2.24) is 0 Å². The number of phosphoric ester groups is 2. The second kappa shape index (κ2) is 63.5. The zero-order valence-electron chi connectivity index (χ0n) is 60.9. The summed E-state index contributed by atoms with van der Waals surface area (Å²) in [5.74, 6) is 0.865. The molecule has 0 radical (unpaired) electrons. The summed E-state index contributed by atoms with van der Waals surface area (Å²) in [6.07, 6.45) is 47.5. The molecule has 0 aliphatic heterocycles. The zero-order valence-corrected chi connectivity index (χ0v) is 62.7. The lowest BCUT2D eigenvalue weighted by Crippen LogP contribution is -2.30. The average Bonchev–Trinajstić information content (AvgIpc) is 1.95. The van der Waals surface area contributed by atoms with E-state index in [1.54, 1.807) is 0 Å². The van der Waals surface area contributed by atoms with Crippen LogP contribution in [0.5, 0.6) is 0 Å². The van der Waals surface area contributed by atoms with Crippen LogP contribution in [0.25, 0.3) is 0 Å². The highest BCUT2D eigenvalue weighted by atomic mass is 31.2. The molecule has 3 N–H and O–H groups in total. The quantitative estimate of drug-likeness (QED) is 0.0222. The Labute approximate surface area is 568 Å². The Bertz CT molecular complexity index is 1840. The molecule has 0 saturated carbocycles. The summed E-state index contributed by atoms with van der Waals surface area (Å²) < 4.78 is 68.4. The molecule has 4 unspecified atom stereocenters. The topological polar surface area (TPSA) is 237 Å². The van der Waals surface area contributed by atoms with Gasteiger partial charge in [-0.2, -0.15) is 0 Å². The molecule has 6 atom stereocenters. The number of carbonyl (C=O) groups is 4. The first-order chi connectivity index (χ1) is 44.6. The third-order valence-electron chi connectivity index (χ3n) is 17.4. The highest BCUT2D eigenvalue weighted by molar-refractivity contribution is 7.47. The van der Waals surface area contributed by atoms with Gasteiger partial charge in [0.15, 0.2) is 12.2 Å². The van der Waals surface area contributed by atoms with E-state index in [9.17, 15) is 43.2 Å². The first-order valence-corrected chi connectivity index (χ1v) is 41.2. The maximum atomic E-state index is 13.0. The number of hydrogen-bond acceptors (Lipinski definition) is 15. The summed E-state index contributed by atoms with van der Waals surface area (Å²) in [6, 6.07) is 0. The number of unbranched alkanes of at least 4 members (excludes halogenated alkanes) is 36. The van der Waals surface area contributed by atoms with E-state index >= 15 is 0 Å². The average molecular weight is 1370 g/mol. The zero-order chi connectivity index (χ0) is 68.9. The van der Waals surface area contributed by atoms with Crippen molar-refractivity contribution in [2.75, 3.05) is 39.6 Å². The molecule has 0 aromatic rings. The molecule has 0 rings (SSSR count). The van der Waals surface area contributed by atoms with E-state index in [2.05, 4.69) is 55.4 Å². The van der Waals surface area contributed by atoms with E-state index in [-0.39, 0.29) is 25.7 Å². The van der Waals surface area contributed by atoms with Crippen LogP contribution in [0.15, 0.2) is 0 Å². The van der Waals surface area contributed by atoms with Gasteiger partial charge in [0.1, 0.15) is 19.3 Å². The fourth-order valence-electron chi connectivity index (χ4n) is 11.2. The minimum Gasteiger partial charge on any atom is -0.462 e. The first-order valence-electron chi connectivity index (χ1n) is 38.2. The van der Waals surface area contributed by atoms with Gasteiger partial charge < -0.3 is 33.8 Å². The van der Waals surface area contributed by atoms with E-state index in [0.29, 0.717) is 31.6 Å². The molecule has 0 saturated heterocycles. The largest absolute Gasteiger partial charge is 0.472 e. The molecule has 0 aromatic heterocycles. The molecule has 0 spiro atoms. The molecular formula is C74H144O17P2. The van der Waals surface area contributed by atoms with Crippen molar-refractivity contribution < 1.29 is 80.2 Å². The van der Waals surface area contributed by atoms with Crippen LogP contribution in [0.3, 0.4) is 0 Å². The first kappa shape index (κ1) is 91.1. The van der Waals surface area contributed by atoms with Crippen LogP contribution in [0.1, 0.15) is 370 Å². The minimum atomic E-state index is -4.95. The number of aliphatic hydroxyl groups is 1. The highest BCUT2D eigenvalue weighted by Gasteiger charge is 2.30. The molecule has 0 amide bonds. The van der Waals surface area contributed by atoms with Crippen molar-refractivity contribution in [2.24, 2.45) is 23.7 Å². The van der Waals surface area contributed by atoms with Gasteiger partial charge >= 0.3 is 39.5 Å². The van der Waals surface area contributed by atoms with Gasteiger partial charge in [-0.25, -0.2) is 9.13 Å². The Balaban J connectivity index is 5.18. The Hall–Kier alpha value is -1.94. The van der Waals surface area contributed by atoms with E-state index in [0.717, 1.165) is 120 Å². The van der Waals surface area contributed by atoms with E-state index in [1.165, 1.54) is 161 Å². The molecule has 0 aliphatic carbocycles. The number of rotatable bonds is 71. The van der Waals surface area contributed by atoms with Gasteiger partial charge in [0.2, 0.25) is 0 Å². The lowest BCUT2D eigenvalue weighted by atomic mass is 10.00. The third-order valence-corrected chi connectivity index (χ3v) is 19.3. The van der Waals surface area contributed by atoms with Crippen LogP contribution < -0.4 is 0 Å². The predicted molar refractivity (Wildman–Crippen MR) is 377 cm³/mol. The molecule has 0 aliphatic rings. The SMILES string of the molecule is CCC(C)CCCCCCCCC(=O)OC[C@H](COP(=O)(O)OCC(O)COP(=O)(O)OC[C@@H](COC(=O)CCCCCCCCCC(C)C)OC(=O)CCCCCCCCCCCCCCCCCCCCC(C)C)OC(=O)CCCCCCCCCCCC(C)C. The number of ether oxygens (including phenoxy) is 4. The van der Waals surface area contributed by atoms with Crippen molar-refractivity contribution in [1.29, 1.82) is 0 Å². The highest BCUT2D eigenvalue weighted by Crippen LogP contribution is 2.45. The Kier molecular flexibility index (Phi) is 62.2. The van der Waals surface area contributed by atoms with Gasteiger partial charge in [-0.3, -0.25) is 37.3 Å². The maximum Gasteiger partial charge on any atom is 0.472 e. The summed E-state index contributed by atoms with van der Waals surface area (Å²) in [5.41, 5.74) is 0. The molecule has 17 nitrogen and oxygen atoms in total. The minimum absolute atomic E-state index is 0.104. The molecule has 552 valence electrons. The van der Waals surface area contributed by atoms with Crippen LogP contribution >= 0.6 is 15.6 Å². The smallest absolute Gasteiger partial charge is 0.462 e. The van der Waals surface area contributed by atoms with E-state index in [4.69, 9.17) is 37.0 Å². The Morgan fingerprint density at radius 2 is 0.516 bits per heavy atom. The van der Waals surface area contributed by atoms with Gasteiger partial charge in [-0.15, -0.1) is 0 Å². The molecule has 19 heteroatoms. The molecule has 0 heterocycles. The maximum absolute atomic E-state index is 13.0. The number of aliphatic hydroxyl groups excluding tert-OH is 1. The van der Waals surface area contributed by atoms with Crippen LogP contribution in [-0.2, 0) is 65.4 Å². The van der Waals surface area contributed by atoms with Gasteiger partial charge in [0.05, 0.1) is 26.4 Å².